The Morgan fingerprint density at radius 1 is 1.00 bits per heavy atom. The summed E-state index contributed by atoms with van der Waals surface area (Å²) in [6, 6.07) is 19.5. The van der Waals surface area contributed by atoms with E-state index >= 15 is 8.78 Å². The first-order valence-electron chi connectivity index (χ1n) is 12.0. The molecule has 204 valence electrons. The van der Waals surface area contributed by atoms with Crippen LogP contribution in [0.1, 0.15) is 34.6 Å². The first-order valence-corrected chi connectivity index (χ1v) is 14.4. The number of aromatic carboxylic acids is 1. The Morgan fingerprint density at radius 2 is 1.64 bits per heavy atom. The number of carbonyl (C=O) groups is 2. The highest BCUT2D eigenvalue weighted by molar-refractivity contribution is 7.58. The number of carboxylic acids is 1. The largest absolute Gasteiger partial charge is 0.477 e. The van der Waals surface area contributed by atoms with Gasteiger partial charge in [0, 0.05) is 10.3 Å². The molecule has 4 aromatic rings. The number of fused-ring (bicyclic) bond motifs is 1. The van der Waals surface area contributed by atoms with E-state index < -0.39 is 42.8 Å². The number of hydrogen-bond acceptors (Lipinski definition) is 6. The van der Waals surface area contributed by atoms with Crippen molar-refractivity contribution in [2.45, 2.75) is 38.1 Å². The molecule has 2 atom stereocenters. The minimum absolute atomic E-state index is 0.0216. The number of nitrogens with one attached hydrogen (secondary N) is 1. The summed E-state index contributed by atoms with van der Waals surface area (Å²) in [5.41, 5.74) is -4.16. The van der Waals surface area contributed by atoms with E-state index in [1.54, 1.807) is 50.2 Å². The lowest BCUT2D eigenvalue weighted by Gasteiger charge is -2.31. The van der Waals surface area contributed by atoms with Gasteiger partial charge >= 0.3 is 25.1 Å². The van der Waals surface area contributed by atoms with Crippen LogP contribution in [0, 0.1) is 0 Å². The first kappa shape index (κ1) is 28.4. The van der Waals surface area contributed by atoms with Crippen LogP contribution in [0.5, 0.6) is 5.75 Å². The van der Waals surface area contributed by atoms with Crippen LogP contribution in [0.3, 0.4) is 0 Å². The van der Waals surface area contributed by atoms with Crippen molar-refractivity contribution in [3.05, 3.63) is 101 Å². The first-order chi connectivity index (χ1) is 18.5. The molecule has 2 N–H and O–H groups in total. The fourth-order valence-electron chi connectivity index (χ4n) is 3.85. The number of carboxylic acid groups (broad SMARTS) is 1. The molecule has 0 saturated carbocycles. The maximum atomic E-state index is 16.3. The van der Waals surface area contributed by atoms with Gasteiger partial charge in [0.05, 0.1) is 6.10 Å². The lowest BCUT2D eigenvalue weighted by atomic mass is 10.1. The van der Waals surface area contributed by atoms with Crippen LogP contribution in [0.15, 0.2) is 84.9 Å². The van der Waals surface area contributed by atoms with Crippen LogP contribution in [-0.2, 0) is 26.2 Å². The molecular formula is C28H26F2NO6PS. The number of rotatable bonds is 11. The number of hydrogen-bond donors (Lipinski definition) is 2. The van der Waals surface area contributed by atoms with E-state index in [4.69, 9.17) is 9.26 Å². The molecule has 0 aliphatic carbocycles. The molecular weight excluding hydrogens is 547 g/mol. The van der Waals surface area contributed by atoms with Crippen molar-refractivity contribution in [3.8, 4) is 5.75 Å². The summed E-state index contributed by atoms with van der Waals surface area (Å²) in [7, 11) is -5.24. The molecule has 11 heteroatoms. The van der Waals surface area contributed by atoms with Gasteiger partial charge in [-0.1, -0.05) is 54.6 Å². The van der Waals surface area contributed by atoms with Crippen molar-refractivity contribution in [2.24, 2.45) is 0 Å². The highest BCUT2D eigenvalue weighted by atomic mass is 32.1. The maximum absolute atomic E-state index is 16.3. The van der Waals surface area contributed by atoms with Crippen molar-refractivity contribution < 1.29 is 37.3 Å². The number of para-hydroxylation sites is 1. The van der Waals surface area contributed by atoms with Gasteiger partial charge < -0.3 is 14.4 Å². The minimum Gasteiger partial charge on any atom is -0.477 e. The van der Waals surface area contributed by atoms with Crippen LogP contribution in [0.25, 0.3) is 10.1 Å². The number of ether oxygens (including phenoxy) is 1. The predicted molar refractivity (Wildman–Crippen MR) is 146 cm³/mol. The van der Waals surface area contributed by atoms with Gasteiger partial charge in [0.1, 0.15) is 16.7 Å². The normalized spacial score (nSPS) is 14.1. The quantitative estimate of drug-likeness (QED) is 0.146. The Hall–Kier alpha value is -3.59. The molecule has 0 aliphatic heterocycles. The SMILES string of the molecule is CC(C)OC(=O)[C@H](Cc1ccccc1)NP(=O)(Oc1ccccc1)C(F)(F)c1ccc2sc(C(=O)O)cc2c1. The van der Waals surface area contributed by atoms with Crippen LogP contribution in [0.2, 0.25) is 0 Å². The number of benzene rings is 3. The number of carbonyl (C=O) groups excluding carboxylic acids is 1. The van der Waals surface area contributed by atoms with E-state index in [0.29, 0.717) is 10.3 Å². The summed E-state index contributed by atoms with van der Waals surface area (Å²) < 4.78 is 58.1. The zero-order valence-corrected chi connectivity index (χ0v) is 22.8. The summed E-state index contributed by atoms with van der Waals surface area (Å²) in [5.74, 6) is -2.13. The van der Waals surface area contributed by atoms with Crippen LogP contribution in [-0.4, -0.2) is 29.2 Å². The molecule has 1 heterocycles. The Kier molecular flexibility index (Phi) is 8.49. The van der Waals surface area contributed by atoms with E-state index in [-0.39, 0.29) is 22.4 Å². The molecule has 7 nitrogen and oxygen atoms in total. The molecule has 1 aromatic heterocycles. The summed E-state index contributed by atoms with van der Waals surface area (Å²) in [6.45, 7) is 3.24. The molecule has 4 rings (SSSR count). The molecule has 0 spiro atoms. The summed E-state index contributed by atoms with van der Waals surface area (Å²) in [5, 5.41) is 11.9. The summed E-state index contributed by atoms with van der Waals surface area (Å²) in [6.07, 6.45) is -0.632. The molecule has 0 saturated heterocycles. The smallest absolute Gasteiger partial charge is 0.390 e. The van der Waals surface area contributed by atoms with E-state index in [1.165, 1.54) is 36.4 Å². The van der Waals surface area contributed by atoms with Crippen molar-refractivity contribution in [1.29, 1.82) is 0 Å². The van der Waals surface area contributed by atoms with Gasteiger partial charge in [0.15, 0.2) is 0 Å². The zero-order chi connectivity index (χ0) is 28.2. The molecule has 39 heavy (non-hydrogen) atoms. The second-order valence-corrected chi connectivity index (χ2v) is 12.2. The van der Waals surface area contributed by atoms with Crippen molar-refractivity contribution in [3.63, 3.8) is 0 Å². The second-order valence-electron chi connectivity index (χ2n) is 9.02. The Labute approximate surface area is 227 Å². The maximum Gasteiger partial charge on any atom is 0.390 e. The average molecular weight is 574 g/mol. The van der Waals surface area contributed by atoms with Crippen LogP contribution in [0.4, 0.5) is 8.78 Å². The Morgan fingerprint density at radius 3 is 2.26 bits per heavy atom. The molecule has 0 fully saturated rings. The molecule has 0 bridgehead atoms. The highest BCUT2D eigenvalue weighted by Crippen LogP contribution is 2.63. The third kappa shape index (κ3) is 6.53. The Bertz CT molecular complexity index is 1510. The topological polar surface area (TPSA) is 102 Å². The van der Waals surface area contributed by atoms with Crippen LogP contribution < -0.4 is 9.61 Å². The van der Waals surface area contributed by atoms with Gasteiger partial charge in [-0.3, -0.25) is 9.36 Å². The fourth-order valence-corrected chi connectivity index (χ4v) is 6.57. The van der Waals surface area contributed by atoms with Gasteiger partial charge in [-0.05, 0) is 61.5 Å². The number of halogens is 2. The third-order valence-electron chi connectivity index (χ3n) is 5.67. The van der Waals surface area contributed by atoms with Crippen molar-refractivity contribution in [2.75, 3.05) is 0 Å². The third-order valence-corrected chi connectivity index (χ3v) is 8.89. The monoisotopic (exact) mass is 573 g/mol. The zero-order valence-electron chi connectivity index (χ0n) is 21.0. The van der Waals surface area contributed by atoms with Gasteiger partial charge in [-0.2, -0.15) is 8.78 Å². The molecule has 0 amide bonds. The Balaban J connectivity index is 1.78. The molecule has 1 unspecified atom stereocenters. The minimum atomic E-state index is -5.24. The number of thiophene rings is 1. The lowest BCUT2D eigenvalue weighted by molar-refractivity contribution is -0.149. The summed E-state index contributed by atoms with van der Waals surface area (Å²) >= 11 is 0.935. The van der Waals surface area contributed by atoms with Gasteiger partial charge in [-0.15, -0.1) is 11.3 Å². The standard InChI is InChI=1S/C28H26F2NO6PS/c1-18(2)36-27(34)23(15-19-9-5-3-6-10-19)31-38(35,37-22-11-7-4-8-12-22)28(29,30)21-13-14-24-20(16-21)17-25(39-24)26(32)33/h3-14,16-18,23H,15H2,1-2H3,(H,31,35)(H,32,33)/t23-,38?/m0/s1. The fraction of sp³-hybridized carbons (Fsp3) is 0.214. The number of esters is 1. The predicted octanol–water partition coefficient (Wildman–Crippen LogP) is 7.07. The summed E-state index contributed by atoms with van der Waals surface area (Å²) in [4.78, 5) is 24.4. The average Bonchev–Trinajstić information content (AvgIpc) is 3.33. The van der Waals surface area contributed by atoms with Gasteiger partial charge in [0.25, 0.3) is 0 Å². The van der Waals surface area contributed by atoms with Crippen molar-refractivity contribution in [1.82, 2.24) is 5.09 Å². The number of alkyl halides is 2. The van der Waals surface area contributed by atoms with Crippen molar-refractivity contribution >= 4 is 40.9 Å². The van der Waals surface area contributed by atoms with Gasteiger partial charge in [-0.25, -0.2) is 9.88 Å². The van der Waals surface area contributed by atoms with E-state index in [2.05, 4.69) is 5.09 Å². The van der Waals surface area contributed by atoms with Crippen LogP contribution >= 0.6 is 18.9 Å². The molecule has 0 radical (unpaired) electrons. The van der Waals surface area contributed by atoms with E-state index in [0.717, 1.165) is 23.5 Å². The highest BCUT2D eigenvalue weighted by Gasteiger charge is 2.56. The lowest BCUT2D eigenvalue weighted by Crippen LogP contribution is -2.43. The molecule has 0 aliphatic rings. The van der Waals surface area contributed by atoms with E-state index in [1.807, 2.05) is 0 Å². The molecule has 3 aromatic carbocycles. The second kappa shape index (κ2) is 11.7. The van der Waals surface area contributed by atoms with E-state index in [9.17, 15) is 19.3 Å². The van der Waals surface area contributed by atoms with Gasteiger partial charge in [0.2, 0.25) is 0 Å².